The van der Waals surface area contributed by atoms with Crippen LogP contribution in [0.4, 0.5) is 0 Å². The van der Waals surface area contributed by atoms with E-state index < -0.39 is 5.60 Å². The van der Waals surface area contributed by atoms with Crippen LogP contribution in [0.1, 0.15) is 38.2 Å². The predicted molar refractivity (Wildman–Crippen MR) is 65.2 cm³/mol. The van der Waals surface area contributed by atoms with Crippen molar-refractivity contribution in [1.82, 2.24) is 0 Å². The van der Waals surface area contributed by atoms with E-state index in [1.165, 1.54) is 0 Å². The molecule has 0 radical (unpaired) electrons. The Hall–Kier alpha value is -1.35. The van der Waals surface area contributed by atoms with Crippen molar-refractivity contribution in [1.29, 1.82) is 0 Å². The maximum absolute atomic E-state index is 11.9. The largest absolute Gasteiger partial charge is 0.493 e. The molecule has 2 rings (SSSR count). The van der Waals surface area contributed by atoms with Crippen LogP contribution in [0.25, 0.3) is 0 Å². The number of rotatable bonds is 3. The van der Waals surface area contributed by atoms with E-state index in [4.69, 9.17) is 4.74 Å². The van der Waals surface area contributed by atoms with Gasteiger partial charge in [-0.25, -0.2) is 0 Å². The molecule has 3 nitrogen and oxygen atoms in total. The summed E-state index contributed by atoms with van der Waals surface area (Å²) in [6, 6.07) is 7.81. The summed E-state index contributed by atoms with van der Waals surface area (Å²) in [5, 5.41) is 9.68. The smallest absolute Gasteiger partial charge is 0.164 e. The number of hydrogen-bond donors (Lipinski definition) is 1. The van der Waals surface area contributed by atoms with Gasteiger partial charge in [-0.3, -0.25) is 4.79 Å². The highest BCUT2D eigenvalue weighted by Gasteiger charge is 2.29. The fourth-order valence-electron chi connectivity index (χ4n) is 2.10. The zero-order valence-corrected chi connectivity index (χ0v) is 10.3. The molecular formula is C14H18O3. The Bertz CT molecular complexity index is 418. The normalized spacial score (nSPS) is 19.4. The maximum atomic E-state index is 11.9. The molecule has 0 amide bonds. The predicted octanol–water partition coefficient (Wildman–Crippen LogP) is 2.28. The molecule has 0 bridgehead atoms. The third-order valence-corrected chi connectivity index (χ3v) is 3.20. The lowest BCUT2D eigenvalue weighted by Crippen LogP contribution is -2.33. The Balaban J connectivity index is 2.17. The molecule has 0 aliphatic carbocycles. The number of fused-ring (bicyclic) bond motifs is 1. The molecule has 0 aromatic heterocycles. The van der Waals surface area contributed by atoms with Crippen molar-refractivity contribution < 1.29 is 14.6 Å². The van der Waals surface area contributed by atoms with Gasteiger partial charge in [-0.05, 0) is 37.8 Å². The first-order chi connectivity index (χ1) is 7.98. The Kier molecular flexibility index (Phi) is 3.20. The summed E-state index contributed by atoms with van der Waals surface area (Å²) in [5.41, 5.74) is -0.163. The molecule has 3 heteroatoms. The molecule has 1 aromatic rings. The molecule has 1 aliphatic rings. The van der Waals surface area contributed by atoms with Gasteiger partial charge in [0.15, 0.2) is 5.78 Å². The fourth-order valence-corrected chi connectivity index (χ4v) is 2.10. The van der Waals surface area contributed by atoms with Gasteiger partial charge in [0.05, 0.1) is 6.61 Å². The van der Waals surface area contributed by atoms with E-state index in [0.717, 1.165) is 17.7 Å². The Morgan fingerprint density at radius 2 is 2.18 bits per heavy atom. The highest BCUT2D eigenvalue weighted by Crippen LogP contribution is 2.36. The first-order valence-electron chi connectivity index (χ1n) is 5.96. The summed E-state index contributed by atoms with van der Waals surface area (Å²) in [6.07, 6.45) is 1.21. The van der Waals surface area contributed by atoms with E-state index in [1.807, 2.05) is 24.3 Å². The highest BCUT2D eigenvalue weighted by molar-refractivity contribution is 5.86. The summed E-state index contributed by atoms with van der Waals surface area (Å²) in [7, 11) is 0. The van der Waals surface area contributed by atoms with Gasteiger partial charge < -0.3 is 9.84 Å². The molecule has 0 fully saturated rings. The summed E-state index contributed by atoms with van der Waals surface area (Å²) in [5.74, 6) is 0.922. The molecule has 1 aromatic carbocycles. The van der Waals surface area contributed by atoms with Crippen LogP contribution >= 0.6 is 0 Å². The number of hydrogen-bond acceptors (Lipinski definition) is 3. The number of carbonyl (C=O) groups is 1. The Morgan fingerprint density at radius 3 is 2.88 bits per heavy atom. The minimum atomic E-state index is -1.24. The molecule has 92 valence electrons. The molecule has 0 spiro atoms. The average Bonchev–Trinajstić information content (AvgIpc) is 2.28. The van der Waals surface area contributed by atoms with Gasteiger partial charge in [0.25, 0.3) is 0 Å². The standard InChI is InChI=1S/C14H18O3/c1-14(2,16)13(15)9-10-7-8-17-12-6-4-3-5-11(10)12/h3-6,10,16H,7-9H2,1-2H3. The van der Waals surface area contributed by atoms with Gasteiger partial charge in [-0.1, -0.05) is 18.2 Å². The van der Waals surface area contributed by atoms with Crippen LogP contribution in [-0.4, -0.2) is 23.1 Å². The van der Waals surface area contributed by atoms with Gasteiger partial charge in [-0.2, -0.15) is 0 Å². The van der Waals surface area contributed by atoms with Crippen molar-refractivity contribution in [2.75, 3.05) is 6.61 Å². The third kappa shape index (κ3) is 2.67. The lowest BCUT2D eigenvalue weighted by atomic mass is 9.85. The molecule has 17 heavy (non-hydrogen) atoms. The number of aliphatic hydroxyl groups is 1. The summed E-state index contributed by atoms with van der Waals surface area (Å²) in [6.45, 7) is 3.72. The zero-order valence-electron chi connectivity index (χ0n) is 10.3. The Morgan fingerprint density at radius 1 is 1.47 bits per heavy atom. The van der Waals surface area contributed by atoms with E-state index in [2.05, 4.69) is 0 Å². The summed E-state index contributed by atoms with van der Waals surface area (Å²) >= 11 is 0. The van der Waals surface area contributed by atoms with Crippen molar-refractivity contribution in [2.45, 2.75) is 38.2 Å². The van der Waals surface area contributed by atoms with Crippen molar-refractivity contribution in [3.05, 3.63) is 29.8 Å². The second kappa shape index (κ2) is 4.49. The van der Waals surface area contributed by atoms with Gasteiger partial charge >= 0.3 is 0 Å². The number of para-hydroxylation sites is 1. The molecule has 1 unspecified atom stereocenters. The molecule has 1 N–H and O–H groups in total. The first-order valence-corrected chi connectivity index (χ1v) is 5.96. The molecule has 0 saturated carbocycles. The van der Waals surface area contributed by atoms with E-state index in [9.17, 15) is 9.90 Å². The van der Waals surface area contributed by atoms with Crippen molar-refractivity contribution in [3.8, 4) is 5.75 Å². The van der Waals surface area contributed by atoms with Crippen molar-refractivity contribution >= 4 is 5.78 Å². The van der Waals surface area contributed by atoms with Crippen LogP contribution in [0.15, 0.2) is 24.3 Å². The summed E-state index contributed by atoms with van der Waals surface area (Å²) < 4.78 is 5.55. The second-order valence-electron chi connectivity index (χ2n) is 5.06. The van der Waals surface area contributed by atoms with Gasteiger partial charge in [0.2, 0.25) is 0 Å². The maximum Gasteiger partial charge on any atom is 0.164 e. The molecule has 0 saturated heterocycles. The quantitative estimate of drug-likeness (QED) is 0.872. The van der Waals surface area contributed by atoms with Crippen LogP contribution in [0.3, 0.4) is 0 Å². The Labute approximate surface area is 101 Å². The summed E-state index contributed by atoms with van der Waals surface area (Å²) in [4.78, 5) is 11.9. The van der Waals surface area contributed by atoms with Crippen molar-refractivity contribution in [2.24, 2.45) is 0 Å². The second-order valence-corrected chi connectivity index (χ2v) is 5.06. The van der Waals surface area contributed by atoms with Gasteiger partial charge in [0.1, 0.15) is 11.4 Å². The molecule has 1 heterocycles. The topological polar surface area (TPSA) is 46.5 Å². The van der Waals surface area contributed by atoms with E-state index in [1.54, 1.807) is 13.8 Å². The minimum Gasteiger partial charge on any atom is -0.493 e. The molecule has 1 aliphatic heterocycles. The van der Waals surface area contributed by atoms with Crippen molar-refractivity contribution in [3.63, 3.8) is 0 Å². The number of carbonyl (C=O) groups excluding carboxylic acids is 1. The number of ketones is 1. The lowest BCUT2D eigenvalue weighted by molar-refractivity contribution is -0.134. The monoisotopic (exact) mass is 234 g/mol. The lowest BCUT2D eigenvalue weighted by Gasteiger charge is -2.27. The van der Waals surface area contributed by atoms with Crippen LogP contribution in [0.5, 0.6) is 5.75 Å². The first kappa shape index (κ1) is 12.1. The molecular weight excluding hydrogens is 216 g/mol. The highest BCUT2D eigenvalue weighted by atomic mass is 16.5. The van der Waals surface area contributed by atoms with E-state index in [0.29, 0.717) is 13.0 Å². The van der Waals surface area contributed by atoms with Gasteiger partial charge in [0, 0.05) is 6.42 Å². The number of Topliss-reactive ketones (excluding diaryl/α,β-unsaturated/α-hetero) is 1. The average molecular weight is 234 g/mol. The van der Waals surface area contributed by atoms with Crippen LogP contribution in [0.2, 0.25) is 0 Å². The van der Waals surface area contributed by atoms with Crippen LogP contribution in [-0.2, 0) is 4.79 Å². The SMILES string of the molecule is CC(C)(O)C(=O)CC1CCOc2ccccc21. The van der Waals surface area contributed by atoms with E-state index in [-0.39, 0.29) is 11.7 Å². The minimum absolute atomic E-state index is 0.112. The number of ether oxygens (including phenoxy) is 1. The zero-order chi connectivity index (χ0) is 12.5. The van der Waals surface area contributed by atoms with Gasteiger partial charge in [-0.15, -0.1) is 0 Å². The number of benzene rings is 1. The fraction of sp³-hybridized carbons (Fsp3) is 0.500. The third-order valence-electron chi connectivity index (χ3n) is 3.20. The van der Waals surface area contributed by atoms with Crippen LogP contribution in [0, 0.1) is 0 Å². The van der Waals surface area contributed by atoms with E-state index >= 15 is 0 Å². The van der Waals surface area contributed by atoms with Crippen LogP contribution < -0.4 is 4.74 Å². The molecule has 1 atom stereocenters.